The van der Waals surface area contributed by atoms with Crippen LogP contribution in [0.1, 0.15) is 15.9 Å². The molecule has 0 aliphatic carbocycles. The summed E-state index contributed by atoms with van der Waals surface area (Å²) >= 11 is 11.3. The molecule has 0 amide bonds. The second-order valence-electron chi connectivity index (χ2n) is 4.16. The number of methoxy groups -OCH3 is 1. The smallest absolute Gasteiger partial charge is 0.252 e. The highest BCUT2D eigenvalue weighted by molar-refractivity contribution is 6.67. The fraction of sp³-hybridized carbons (Fsp3) is 0.133. The minimum absolute atomic E-state index is 0.143. The van der Waals surface area contributed by atoms with Crippen LogP contribution in [0.5, 0.6) is 11.5 Å². The first-order valence-corrected chi connectivity index (χ1v) is 6.71. The Morgan fingerprint density at radius 2 is 1.95 bits per heavy atom. The van der Waals surface area contributed by atoms with Crippen molar-refractivity contribution in [2.75, 3.05) is 7.11 Å². The van der Waals surface area contributed by atoms with E-state index < -0.39 is 11.1 Å². The number of rotatable bonds is 5. The molecule has 0 unspecified atom stereocenters. The summed E-state index contributed by atoms with van der Waals surface area (Å²) in [5, 5.41) is -0.303. The lowest BCUT2D eigenvalue weighted by molar-refractivity contribution is 0.108. The maximum absolute atomic E-state index is 13.0. The molecule has 0 fully saturated rings. The Morgan fingerprint density at radius 3 is 2.57 bits per heavy atom. The highest BCUT2D eigenvalue weighted by Crippen LogP contribution is 2.30. The maximum atomic E-state index is 13.0. The van der Waals surface area contributed by atoms with Gasteiger partial charge in [0, 0.05) is 11.1 Å². The summed E-state index contributed by atoms with van der Waals surface area (Å²) in [6.07, 6.45) is 0. The van der Waals surface area contributed by atoms with Gasteiger partial charge in [0.25, 0.3) is 5.24 Å². The van der Waals surface area contributed by atoms with Gasteiger partial charge < -0.3 is 9.47 Å². The van der Waals surface area contributed by atoms with Gasteiger partial charge in [-0.2, -0.15) is 0 Å². The van der Waals surface area contributed by atoms with Crippen LogP contribution in [0.3, 0.4) is 0 Å². The van der Waals surface area contributed by atoms with Crippen molar-refractivity contribution in [2.24, 2.45) is 0 Å². The van der Waals surface area contributed by atoms with Crippen LogP contribution in [0.4, 0.5) is 4.39 Å². The Bertz CT molecular complexity index is 674. The molecule has 0 aliphatic heterocycles. The Kier molecular flexibility index (Phi) is 5.04. The van der Waals surface area contributed by atoms with E-state index in [1.807, 2.05) is 0 Å². The van der Waals surface area contributed by atoms with Crippen molar-refractivity contribution in [2.45, 2.75) is 6.61 Å². The quantitative estimate of drug-likeness (QED) is 0.761. The summed E-state index contributed by atoms with van der Waals surface area (Å²) < 4.78 is 23.7. The Morgan fingerprint density at radius 1 is 1.19 bits per heavy atom. The third kappa shape index (κ3) is 3.86. The van der Waals surface area contributed by atoms with Gasteiger partial charge in [0.05, 0.1) is 12.1 Å². The van der Waals surface area contributed by atoms with Crippen LogP contribution in [-0.2, 0) is 6.61 Å². The predicted octanol–water partition coefficient (Wildman–Crippen LogP) is 4.45. The number of halogens is 3. The molecule has 2 aromatic carbocycles. The second kappa shape index (κ2) is 6.78. The van der Waals surface area contributed by atoms with Crippen LogP contribution in [0.15, 0.2) is 36.4 Å². The third-order valence-corrected chi connectivity index (χ3v) is 3.36. The molecule has 0 spiro atoms. The highest BCUT2D eigenvalue weighted by Gasteiger charge is 2.10. The molecule has 0 aliphatic rings. The lowest BCUT2D eigenvalue weighted by atomic mass is 10.2. The average Bonchev–Trinajstić information content (AvgIpc) is 2.46. The van der Waals surface area contributed by atoms with Crippen LogP contribution in [-0.4, -0.2) is 12.4 Å². The molecule has 0 aromatic heterocycles. The summed E-state index contributed by atoms with van der Waals surface area (Å²) in [6, 6.07) is 8.65. The summed E-state index contributed by atoms with van der Waals surface area (Å²) in [6.45, 7) is 0.143. The van der Waals surface area contributed by atoms with Crippen LogP contribution >= 0.6 is 23.2 Å². The van der Waals surface area contributed by atoms with Crippen molar-refractivity contribution in [3.63, 3.8) is 0 Å². The van der Waals surface area contributed by atoms with Gasteiger partial charge in [-0.3, -0.25) is 4.79 Å². The van der Waals surface area contributed by atoms with E-state index in [1.54, 1.807) is 12.1 Å². The zero-order valence-corrected chi connectivity index (χ0v) is 12.5. The minimum atomic E-state index is -0.582. The van der Waals surface area contributed by atoms with E-state index in [0.29, 0.717) is 22.6 Å². The molecular weight excluding hydrogens is 318 g/mol. The third-order valence-electron chi connectivity index (χ3n) is 2.79. The van der Waals surface area contributed by atoms with E-state index >= 15 is 0 Å². The first-order valence-electron chi connectivity index (χ1n) is 5.96. The molecule has 0 bridgehead atoms. The number of ether oxygens (including phenoxy) is 2. The van der Waals surface area contributed by atoms with E-state index in [9.17, 15) is 9.18 Å². The van der Waals surface area contributed by atoms with Gasteiger partial charge in [0.15, 0.2) is 11.5 Å². The first kappa shape index (κ1) is 15.6. The number of carbonyl (C=O) groups excluding carboxylic acids is 1. The van der Waals surface area contributed by atoms with E-state index in [4.69, 9.17) is 32.7 Å². The molecule has 21 heavy (non-hydrogen) atoms. The topological polar surface area (TPSA) is 35.5 Å². The summed E-state index contributed by atoms with van der Waals surface area (Å²) in [7, 11) is 1.45. The molecule has 0 saturated heterocycles. The Balaban J connectivity index is 2.17. The van der Waals surface area contributed by atoms with Crippen LogP contribution in [0, 0.1) is 5.82 Å². The lowest BCUT2D eigenvalue weighted by Crippen LogP contribution is -2.00. The minimum Gasteiger partial charge on any atom is -0.493 e. The SMILES string of the molecule is COc1cc(C(=O)Cl)ccc1OCc1ccc(F)cc1Cl. The Labute approximate surface area is 131 Å². The summed E-state index contributed by atoms with van der Waals surface area (Å²) in [4.78, 5) is 11.1. The molecule has 0 atom stereocenters. The fourth-order valence-electron chi connectivity index (χ4n) is 1.70. The van der Waals surface area contributed by atoms with Crippen molar-refractivity contribution in [1.82, 2.24) is 0 Å². The molecule has 0 radical (unpaired) electrons. The van der Waals surface area contributed by atoms with Crippen molar-refractivity contribution >= 4 is 28.4 Å². The van der Waals surface area contributed by atoms with E-state index in [-0.39, 0.29) is 11.6 Å². The standard InChI is InChI=1S/C15H11Cl2FO3/c1-20-14-6-9(15(17)19)3-5-13(14)21-8-10-2-4-11(18)7-12(10)16/h2-7H,8H2,1H3. The van der Waals surface area contributed by atoms with Crippen LogP contribution in [0.25, 0.3) is 0 Å². The van der Waals surface area contributed by atoms with E-state index in [1.165, 1.54) is 31.4 Å². The predicted molar refractivity (Wildman–Crippen MR) is 78.9 cm³/mol. The zero-order chi connectivity index (χ0) is 15.4. The van der Waals surface area contributed by atoms with Crippen molar-refractivity contribution < 1.29 is 18.7 Å². The Hall–Kier alpha value is -1.78. The van der Waals surface area contributed by atoms with Crippen molar-refractivity contribution in [1.29, 1.82) is 0 Å². The number of hydrogen-bond acceptors (Lipinski definition) is 3. The van der Waals surface area contributed by atoms with E-state index in [2.05, 4.69) is 0 Å². The molecule has 0 N–H and O–H groups in total. The highest BCUT2D eigenvalue weighted by atomic mass is 35.5. The fourth-order valence-corrected chi connectivity index (χ4v) is 2.04. The van der Waals surface area contributed by atoms with Crippen molar-refractivity contribution in [3.05, 3.63) is 58.4 Å². The van der Waals surface area contributed by atoms with Crippen molar-refractivity contribution in [3.8, 4) is 11.5 Å². The van der Waals surface area contributed by atoms with Gasteiger partial charge in [0.2, 0.25) is 0 Å². The monoisotopic (exact) mass is 328 g/mol. The summed E-state index contributed by atoms with van der Waals surface area (Å²) in [5.74, 6) is 0.394. The number of benzene rings is 2. The molecule has 3 nitrogen and oxygen atoms in total. The maximum Gasteiger partial charge on any atom is 0.252 e. The molecule has 2 rings (SSSR count). The zero-order valence-electron chi connectivity index (χ0n) is 11.0. The van der Waals surface area contributed by atoms with Gasteiger partial charge in [0.1, 0.15) is 12.4 Å². The molecule has 6 heteroatoms. The first-order chi connectivity index (χ1) is 10.0. The summed E-state index contributed by atoms with van der Waals surface area (Å²) in [5.41, 5.74) is 0.943. The lowest BCUT2D eigenvalue weighted by Gasteiger charge is -2.12. The van der Waals surface area contributed by atoms with Gasteiger partial charge in [-0.1, -0.05) is 17.7 Å². The van der Waals surface area contributed by atoms with Crippen LogP contribution in [0.2, 0.25) is 5.02 Å². The molecule has 110 valence electrons. The molecular formula is C15H11Cl2FO3. The molecule has 2 aromatic rings. The van der Waals surface area contributed by atoms with Gasteiger partial charge >= 0.3 is 0 Å². The average molecular weight is 329 g/mol. The largest absolute Gasteiger partial charge is 0.493 e. The number of carbonyl (C=O) groups is 1. The van der Waals surface area contributed by atoms with Gasteiger partial charge in [-0.05, 0) is 41.9 Å². The van der Waals surface area contributed by atoms with Gasteiger partial charge in [-0.25, -0.2) is 4.39 Å². The second-order valence-corrected chi connectivity index (χ2v) is 4.91. The van der Waals surface area contributed by atoms with Gasteiger partial charge in [-0.15, -0.1) is 0 Å². The molecule has 0 heterocycles. The number of hydrogen-bond donors (Lipinski definition) is 0. The van der Waals surface area contributed by atoms with Crippen LogP contribution < -0.4 is 9.47 Å². The molecule has 0 saturated carbocycles. The normalized spacial score (nSPS) is 10.3. The van der Waals surface area contributed by atoms with E-state index in [0.717, 1.165) is 0 Å².